The molecule has 0 aliphatic rings. The molecular formula is C12H24N2O3. The van der Waals surface area contributed by atoms with Crippen molar-refractivity contribution in [1.82, 2.24) is 10.2 Å². The highest BCUT2D eigenvalue weighted by molar-refractivity contribution is 5.82. The number of rotatable bonds is 6. The molecule has 0 aromatic heterocycles. The molecule has 0 fully saturated rings. The number of aliphatic carboxylic acids is 1. The molecular weight excluding hydrogens is 220 g/mol. The molecule has 17 heavy (non-hydrogen) atoms. The minimum absolute atomic E-state index is 0.130. The van der Waals surface area contributed by atoms with Gasteiger partial charge >= 0.3 is 12.0 Å². The van der Waals surface area contributed by atoms with Gasteiger partial charge in [-0.15, -0.1) is 0 Å². The SMILES string of the molecule is CC(C)CCN(C)C(=O)N[C@@H](C(=O)O)C(C)C. The summed E-state index contributed by atoms with van der Waals surface area (Å²) >= 11 is 0. The zero-order valence-corrected chi connectivity index (χ0v) is 11.4. The van der Waals surface area contributed by atoms with Gasteiger partial charge in [0.15, 0.2) is 0 Å². The first-order chi connectivity index (χ1) is 7.75. The molecule has 2 N–H and O–H groups in total. The molecule has 0 aromatic rings. The van der Waals surface area contributed by atoms with Crippen LogP contribution < -0.4 is 5.32 Å². The number of nitrogens with one attached hydrogen (secondary N) is 1. The molecule has 0 radical (unpaired) electrons. The topological polar surface area (TPSA) is 69.6 Å². The maximum Gasteiger partial charge on any atom is 0.326 e. The zero-order chi connectivity index (χ0) is 13.6. The predicted octanol–water partition coefficient (Wildman–Crippen LogP) is 1.78. The lowest BCUT2D eigenvalue weighted by molar-refractivity contribution is -0.140. The Kier molecular flexibility index (Phi) is 6.61. The molecule has 1 atom stereocenters. The molecule has 0 heterocycles. The summed E-state index contributed by atoms with van der Waals surface area (Å²) in [7, 11) is 1.68. The van der Waals surface area contributed by atoms with Crippen LogP contribution in [0.4, 0.5) is 4.79 Å². The van der Waals surface area contributed by atoms with Gasteiger partial charge in [-0.1, -0.05) is 27.7 Å². The van der Waals surface area contributed by atoms with Crippen molar-refractivity contribution in [2.75, 3.05) is 13.6 Å². The molecule has 0 saturated heterocycles. The maximum atomic E-state index is 11.7. The predicted molar refractivity (Wildman–Crippen MR) is 66.9 cm³/mol. The van der Waals surface area contributed by atoms with E-state index in [2.05, 4.69) is 19.2 Å². The van der Waals surface area contributed by atoms with Crippen molar-refractivity contribution in [3.05, 3.63) is 0 Å². The molecule has 0 aliphatic carbocycles. The Morgan fingerprint density at radius 1 is 1.24 bits per heavy atom. The fraction of sp³-hybridized carbons (Fsp3) is 0.833. The molecule has 0 bridgehead atoms. The van der Waals surface area contributed by atoms with E-state index in [-0.39, 0.29) is 11.9 Å². The van der Waals surface area contributed by atoms with Gasteiger partial charge in [-0.25, -0.2) is 9.59 Å². The summed E-state index contributed by atoms with van der Waals surface area (Å²) in [5.41, 5.74) is 0. The first-order valence-corrected chi connectivity index (χ1v) is 6.00. The van der Waals surface area contributed by atoms with Crippen LogP contribution in [0.15, 0.2) is 0 Å². The average molecular weight is 244 g/mol. The Labute approximate surface area is 103 Å². The second kappa shape index (κ2) is 7.14. The molecule has 5 heteroatoms. The summed E-state index contributed by atoms with van der Waals surface area (Å²) in [6, 6.07) is -1.16. The van der Waals surface area contributed by atoms with E-state index in [1.807, 2.05) is 0 Å². The summed E-state index contributed by atoms with van der Waals surface area (Å²) in [6.07, 6.45) is 0.906. The lowest BCUT2D eigenvalue weighted by Gasteiger charge is -2.23. The fourth-order valence-electron chi connectivity index (χ4n) is 1.31. The number of amides is 2. The van der Waals surface area contributed by atoms with E-state index in [0.29, 0.717) is 12.5 Å². The van der Waals surface area contributed by atoms with Crippen LogP contribution in [0.1, 0.15) is 34.1 Å². The Morgan fingerprint density at radius 3 is 2.12 bits per heavy atom. The van der Waals surface area contributed by atoms with E-state index in [1.165, 1.54) is 4.90 Å². The second-order valence-corrected chi connectivity index (χ2v) is 5.11. The van der Waals surface area contributed by atoms with Gasteiger partial charge in [0.25, 0.3) is 0 Å². The van der Waals surface area contributed by atoms with Gasteiger partial charge in [0.2, 0.25) is 0 Å². The van der Waals surface area contributed by atoms with Crippen molar-refractivity contribution < 1.29 is 14.7 Å². The van der Waals surface area contributed by atoms with Crippen LogP contribution in [0.5, 0.6) is 0 Å². The van der Waals surface area contributed by atoms with E-state index < -0.39 is 12.0 Å². The molecule has 5 nitrogen and oxygen atoms in total. The van der Waals surface area contributed by atoms with Crippen molar-refractivity contribution in [2.45, 2.75) is 40.2 Å². The number of carboxylic acid groups (broad SMARTS) is 1. The minimum atomic E-state index is -0.995. The van der Waals surface area contributed by atoms with Crippen molar-refractivity contribution in [3.8, 4) is 0 Å². The van der Waals surface area contributed by atoms with E-state index in [0.717, 1.165) is 6.42 Å². The maximum absolute atomic E-state index is 11.7. The second-order valence-electron chi connectivity index (χ2n) is 5.11. The average Bonchev–Trinajstić information content (AvgIpc) is 2.20. The van der Waals surface area contributed by atoms with E-state index >= 15 is 0 Å². The van der Waals surface area contributed by atoms with Gasteiger partial charge < -0.3 is 15.3 Å². The monoisotopic (exact) mass is 244 g/mol. The van der Waals surface area contributed by atoms with E-state index in [4.69, 9.17) is 5.11 Å². The highest BCUT2D eigenvalue weighted by atomic mass is 16.4. The van der Waals surface area contributed by atoms with Crippen LogP contribution in [-0.4, -0.2) is 41.6 Å². The van der Waals surface area contributed by atoms with Gasteiger partial charge in [-0.2, -0.15) is 0 Å². The van der Waals surface area contributed by atoms with Crippen molar-refractivity contribution in [1.29, 1.82) is 0 Å². The van der Waals surface area contributed by atoms with E-state index in [9.17, 15) is 9.59 Å². The lowest BCUT2D eigenvalue weighted by atomic mass is 10.1. The molecule has 0 aromatic carbocycles. The molecule has 100 valence electrons. The Bertz CT molecular complexity index is 264. The number of carbonyl (C=O) groups is 2. The summed E-state index contributed by atoms with van der Waals surface area (Å²) in [5, 5.41) is 11.5. The summed E-state index contributed by atoms with van der Waals surface area (Å²) in [6.45, 7) is 8.34. The molecule has 0 saturated carbocycles. The fourth-order valence-corrected chi connectivity index (χ4v) is 1.31. The van der Waals surface area contributed by atoms with Gasteiger partial charge in [-0.3, -0.25) is 0 Å². The Balaban J connectivity index is 4.26. The minimum Gasteiger partial charge on any atom is -0.480 e. The Morgan fingerprint density at radius 2 is 1.76 bits per heavy atom. The Hall–Kier alpha value is -1.26. The van der Waals surface area contributed by atoms with Gasteiger partial charge in [-0.05, 0) is 18.3 Å². The molecule has 0 unspecified atom stereocenters. The molecule has 2 amide bonds. The smallest absolute Gasteiger partial charge is 0.326 e. The number of carboxylic acids is 1. The standard InChI is InChI=1S/C12H24N2O3/c1-8(2)6-7-14(5)12(17)13-10(9(3)4)11(15)16/h8-10H,6-7H2,1-5H3,(H,13,17)(H,15,16)/t10-/m1/s1. The van der Waals surface area contributed by atoms with Crippen molar-refractivity contribution in [2.24, 2.45) is 11.8 Å². The third kappa shape index (κ3) is 6.14. The van der Waals surface area contributed by atoms with Gasteiger partial charge in [0.05, 0.1) is 0 Å². The van der Waals surface area contributed by atoms with Crippen LogP contribution in [0.2, 0.25) is 0 Å². The number of hydrogen-bond acceptors (Lipinski definition) is 2. The zero-order valence-electron chi connectivity index (χ0n) is 11.4. The molecule has 0 rings (SSSR count). The summed E-state index contributed by atoms with van der Waals surface area (Å²) in [4.78, 5) is 24.2. The highest BCUT2D eigenvalue weighted by Gasteiger charge is 2.24. The van der Waals surface area contributed by atoms with Gasteiger partial charge in [0, 0.05) is 13.6 Å². The van der Waals surface area contributed by atoms with Crippen LogP contribution >= 0.6 is 0 Å². The number of carbonyl (C=O) groups excluding carboxylic acids is 1. The lowest BCUT2D eigenvalue weighted by Crippen LogP contribution is -2.49. The van der Waals surface area contributed by atoms with Gasteiger partial charge in [0.1, 0.15) is 6.04 Å². The first kappa shape index (κ1) is 15.7. The van der Waals surface area contributed by atoms with Crippen LogP contribution in [0, 0.1) is 11.8 Å². The first-order valence-electron chi connectivity index (χ1n) is 6.00. The third-order valence-electron chi connectivity index (χ3n) is 2.60. The number of urea groups is 1. The van der Waals surface area contributed by atoms with Crippen LogP contribution in [0.25, 0.3) is 0 Å². The quantitative estimate of drug-likeness (QED) is 0.748. The normalized spacial score (nSPS) is 12.6. The number of hydrogen-bond donors (Lipinski definition) is 2. The van der Waals surface area contributed by atoms with Crippen molar-refractivity contribution in [3.63, 3.8) is 0 Å². The molecule has 0 spiro atoms. The summed E-state index contributed by atoms with van der Waals surface area (Å²) < 4.78 is 0. The highest BCUT2D eigenvalue weighted by Crippen LogP contribution is 2.04. The molecule has 0 aliphatic heterocycles. The largest absolute Gasteiger partial charge is 0.480 e. The van der Waals surface area contributed by atoms with Crippen LogP contribution in [-0.2, 0) is 4.79 Å². The van der Waals surface area contributed by atoms with Crippen LogP contribution in [0.3, 0.4) is 0 Å². The van der Waals surface area contributed by atoms with E-state index in [1.54, 1.807) is 20.9 Å². The van der Waals surface area contributed by atoms with Crippen molar-refractivity contribution >= 4 is 12.0 Å². The summed E-state index contributed by atoms with van der Waals surface area (Å²) in [5.74, 6) is -0.605. The third-order valence-corrected chi connectivity index (χ3v) is 2.60. The number of nitrogens with zero attached hydrogens (tertiary/aromatic N) is 1.